The van der Waals surface area contributed by atoms with E-state index in [9.17, 15) is 0 Å². The largest absolute Gasteiger partial charge is 0.383 e. The number of nitrogens with zero attached hydrogens (tertiary/aromatic N) is 1. The van der Waals surface area contributed by atoms with Crippen LogP contribution in [0, 0.1) is 0 Å². The topological polar surface area (TPSA) is 24.5 Å². The number of ether oxygens (including phenoxy) is 1. The quantitative estimate of drug-likeness (QED) is 0.644. The molecule has 1 N–H and O–H groups in total. The van der Waals surface area contributed by atoms with Crippen molar-refractivity contribution in [3.05, 3.63) is 0 Å². The number of rotatable bonds is 7. The van der Waals surface area contributed by atoms with Gasteiger partial charge in [0, 0.05) is 25.7 Å². The van der Waals surface area contributed by atoms with E-state index < -0.39 is 0 Å². The summed E-state index contributed by atoms with van der Waals surface area (Å²) in [6, 6.07) is 0. The van der Waals surface area contributed by atoms with E-state index in [-0.39, 0.29) is 5.54 Å². The highest BCUT2D eigenvalue weighted by atomic mass is 16.5. The number of methoxy groups -OCH3 is 1. The van der Waals surface area contributed by atoms with Crippen molar-refractivity contribution in [3.63, 3.8) is 0 Å². The molecule has 0 atom stereocenters. The van der Waals surface area contributed by atoms with Crippen molar-refractivity contribution >= 4 is 0 Å². The van der Waals surface area contributed by atoms with Crippen molar-refractivity contribution in [1.29, 1.82) is 0 Å². The molecule has 0 aliphatic carbocycles. The molecule has 0 rings (SSSR count). The van der Waals surface area contributed by atoms with E-state index in [1.165, 1.54) is 0 Å². The summed E-state index contributed by atoms with van der Waals surface area (Å²) in [5, 5.41) is 3.45. The molecule has 0 aromatic carbocycles. The Balaban J connectivity index is 3.68. The Morgan fingerprint density at radius 3 is 2.46 bits per heavy atom. The Bertz CT molecular complexity index is 126. The van der Waals surface area contributed by atoms with Gasteiger partial charge in [-0.3, -0.25) is 0 Å². The average molecular weight is 188 g/mol. The first-order valence-corrected chi connectivity index (χ1v) is 4.94. The molecule has 0 saturated heterocycles. The molecule has 0 aliphatic rings. The second-order valence-electron chi connectivity index (χ2n) is 4.14. The van der Waals surface area contributed by atoms with Crippen LogP contribution in [0.2, 0.25) is 0 Å². The van der Waals surface area contributed by atoms with Gasteiger partial charge in [-0.25, -0.2) is 0 Å². The average Bonchev–Trinajstić information content (AvgIpc) is 1.99. The second-order valence-corrected chi connectivity index (χ2v) is 4.14. The minimum atomic E-state index is 0.192. The lowest BCUT2D eigenvalue weighted by atomic mass is 10.1. The summed E-state index contributed by atoms with van der Waals surface area (Å²) < 4.78 is 5.02. The van der Waals surface area contributed by atoms with Crippen molar-refractivity contribution in [2.75, 3.05) is 40.4 Å². The minimum absolute atomic E-state index is 0.192. The molecule has 0 bridgehead atoms. The van der Waals surface area contributed by atoms with Crippen molar-refractivity contribution in [2.24, 2.45) is 0 Å². The van der Waals surface area contributed by atoms with Gasteiger partial charge in [-0.1, -0.05) is 6.92 Å². The molecule has 0 aromatic heterocycles. The third-order valence-electron chi connectivity index (χ3n) is 2.00. The minimum Gasteiger partial charge on any atom is -0.383 e. The van der Waals surface area contributed by atoms with Gasteiger partial charge in [-0.2, -0.15) is 0 Å². The zero-order chi connectivity index (χ0) is 10.3. The first-order chi connectivity index (χ1) is 6.02. The van der Waals surface area contributed by atoms with E-state index in [2.05, 4.69) is 38.0 Å². The smallest absolute Gasteiger partial charge is 0.0589 e. The normalized spacial score (nSPS) is 12.5. The molecular weight excluding hydrogens is 164 g/mol. The number of hydrogen-bond acceptors (Lipinski definition) is 3. The SMILES string of the molecule is CCNC(C)(C)CN(C)CCOC. The van der Waals surface area contributed by atoms with Crippen LogP contribution in [0.25, 0.3) is 0 Å². The highest BCUT2D eigenvalue weighted by Gasteiger charge is 2.17. The van der Waals surface area contributed by atoms with E-state index in [0.29, 0.717) is 0 Å². The van der Waals surface area contributed by atoms with Gasteiger partial charge < -0.3 is 15.0 Å². The van der Waals surface area contributed by atoms with E-state index in [4.69, 9.17) is 4.74 Å². The van der Waals surface area contributed by atoms with E-state index >= 15 is 0 Å². The zero-order valence-electron chi connectivity index (χ0n) is 9.68. The first kappa shape index (κ1) is 12.9. The highest BCUT2D eigenvalue weighted by Crippen LogP contribution is 2.03. The van der Waals surface area contributed by atoms with Crippen molar-refractivity contribution in [1.82, 2.24) is 10.2 Å². The van der Waals surface area contributed by atoms with Crippen molar-refractivity contribution in [3.8, 4) is 0 Å². The summed E-state index contributed by atoms with van der Waals surface area (Å²) in [7, 11) is 3.86. The lowest BCUT2D eigenvalue weighted by Crippen LogP contribution is -2.48. The molecule has 0 fully saturated rings. The Morgan fingerprint density at radius 1 is 1.38 bits per heavy atom. The lowest BCUT2D eigenvalue weighted by molar-refractivity contribution is 0.145. The van der Waals surface area contributed by atoms with Gasteiger partial charge in [0.15, 0.2) is 0 Å². The molecule has 0 saturated carbocycles. The van der Waals surface area contributed by atoms with Crippen LogP contribution in [0.3, 0.4) is 0 Å². The number of nitrogens with one attached hydrogen (secondary N) is 1. The van der Waals surface area contributed by atoms with Gasteiger partial charge in [0.2, 0.25) is 0 Å². The summed E-state index contributed by atoms with van der Waals surface area (Å²) in [6.07, 6.45) is 0. The molecule has 0 aromatic rings. The second kappa shape index (κ2) is 6.35. The summed E-state index contributed by atoms with van der Waals surface area (Å²) in [4.78, 5) is 2.28. The van der Waals surface area contributed by atoms with E-state index in [1.54, 1.807) is 7.11 Å². The maximum Gasteiger partial charge on any atom is 0.0589 e. The fraction of sp³-hybridized carbons (Fsp3) is 1.00. The maximum absolute atomic E-state index is 5.02. The first-order valence-electron chi connectivity index (χ1n) is 4.94. The lowest BCUT2D eigenvalue weighted by Gasteiger charge is -2.30. The summed E-state index contributed by atoms with van der Waals surface area (Å²) >= 11 is 0. The molecule has 0 heterocycles. The molecule has 13 heavy (non-hydrogen) atoms. The van der Waals surface area contributed by atoms with Crippen LogP contribution in [-0.2, 0) is 4.74 Å². The number of hydrogen-bond donors (Lipinski definition) is 1. The fourth-order valence-electron chi connectivity index (χ4n) is 1.54. The van der Waals surface area contributed by atoms with Crippen LogP contribution in [0.15, 0.2) is 0 Å². The maximum atomic E-state index is 5.02. The van der Waals surface area contributed by atoms with Crippen LogP contribution in [0.1, 0.15) is 20.8 Å². The van der Waals surface area contributed by atoms with Crippen molar-refractivity contribution in [2.45, 2.75) is 26.3 Å². The molecule has 3 nitrogen and oxygen atoms in total. The zero-order valence-corrected chi connectivity index (χ0v) is 9.68. The predicted octanol–water partition coefficient (Wildman–Crippen LogP) is 0.953. The molecule has 0 amide bonds. The Morgan fingerprint density at radius 2 is 2.00 bits per heavy atom. The monoisotopic (exact) mass is 188 g/mol. The van der Waals surface area contributed by atoms with Gasteiger partial charge >= 0.3 is 0 Å². The molecule has 0 unspecified atom stereocenters. The van der Waals surface area contributed by atoms with Gasteiger partial charge in [-0.05, 0) is 27.4 Å². The summed E-state index contributed by atoms with van der Waals surface area (Å²) in [5.41, 5.74) is 0.192. The Kier molecular flexibility index (Phi) is 6.29. The third-order valence-corrected chi connectivity index (χ3v) is 2.00. The molecule has 80 valence electrons. The molecule has 0 radical (unpaired) electrons. The molecule has 0 aliphatic heterocycles. The van der Waals surface area contributed by atoms with Gasteiger partial charge in [0.05, 0.1) is 6.61 Å². The fourth-order valence-corrected chi connectivity index (χ4v) is 1.54. The van der Waals surface area contributed by atoms with Gasteiger partial charge in [0.25, 0.3) is 0 Å². The van der Waals surface area contributed by atoms with E-state index in [1.807, 2.05) is 0 Å². The molecular formula is C10H24N2O. The standard InChI is InChI=1S/C10H24N2O/c1-6-11-10(2,3)9-12(4)7-8-13-5/h11H,6-9H2,1-5H3. The van der Waals surface area contributed by atoms with Crippen LogP contribution in [0.5, 0.6) is 0 Å². The van der Waals surface area contributed by atoms with Crippen LogP contribution >= 0.6 is 0 Å². The summed E-state index contributed by atoms with van der Waals surface area (Å²) in [6.45, 7) is 10.4. The van der Waals surface area contributed by atoms with Crippen LogP contribution in [-0.4, -0.2) is 50.8 Å². The highest BCUT2D eigenvalue weighted by molar-refractivity contribution is 4.79. The molecule has 3 heteroatoms. The predicted molar refractivity (Wildman–Crippen MR) is 57.1 cm³/mol. The number of likely N-dealkylation sites (N-methyl/N-ethyl adjacent to an activating group) is 2. The van der Waals surface area contributed by atoms with Crippen LogP contribution in [0.4, 0.5) is 0 Å². The Labute approximate surface area is 82.4 Å². The van der Waals surface area contributed by atoms with Crippen LogP contribution < -0.4 is 5.32 Å². The van der Waals surface area contributed by atoms with E-state index in [0.717, 1.165) is 26.2 Å². The third kappa shape index (κ3) is 6.99. The Hall–Kier alpha value is -0.120. The van der Waals surface area contributed by atoms with Gasteiger partial charge in [0.1, 0.15) is 0 Å². The summed E-state index contributed by atoms with van der Waals surface area (Å²) in [5.74, 6) is 0. The molecule has 0 spiro atoms. The van der Waals surface area contributed by atoms with Crippen molar-refractivity contribution < 1.29 is 4.74 Å². The van der Waals surface area contributed by atoms with Gasteiger partial charge in [-0.15, -0.1) is 0 Å².